The third kappa shape index (κ3) is 3.17. The van der Waals surface area contributed by atoms with Crippen molar-refractivity contribution in [3.8, 4) is 0 Å². The van der Waals surface area contributed by atoms with Crippen LogP contribution in [0.25, 0.3) is 0 Å². The molecule has 2 rings (SSSR count). The summed E-state index contributed by atoms with van der Waals surface area (Å²) in [6.45, 7) is 8.21. The number of likely N-dealkylation sites (N-methyl/N-ethyl adjacent to an activating group) is 1. The monoisotopic (exact) mass is 295 g/mol. The Labute approximate surface area is 127 Å². The molecule has 1 aliphatic heterocycles. The molecule has 1 unspecified atom stereocenters. The van der Waals surface area contributed by atoms with Crippen LogP contribution in [0.5, 0.6) is 0 Å². The standard InChI is InChI=1S/C16H26ClN3/c1-13(2)20-9-8-16(11-18,12-20)19(3)10-14-6-4-5-7-15(14)17/h4-7,13H,8-12,18H2,1-3H3. The summed E-state index contributed by atoms with van der Waals surface area (Å²) in [7, 11) is 2.17. The Bertz CT molecular complexity index is 449. The van der Waals surface area contributed by atoms with Gasteiger partial charge in [0.25, 0.3) is 0 Å². The molecule has 1 aromatic rings. The van der Waals surface area contributed by atoms with Crippen LogP contribution in [0, 0.1) is 0 Å². The van der Waals surface area contributed by atoms with E-state index in [0.717, 1.165) is 31.1 Å². The van der Waals surface area contributed by atoms with Crippen molar-refractivity contribution < 1.29 is 0 Å². The second-order valence-electron chi connectivity index (χ2n) is 6.19. The second-order valence-corrected chi connectivity index (χ2v) is 6.60. The summed E-state index contributed by atoms with van der Waals surface area (Å²) in [5.41, 5.74) is 7.37. The molecule has 1 aliphatic rings. The van der Waals surface area contributed by atoms with Crippen LogP contribution in [-0.4, -0.2) is 48.1 Å². The molecule has 1 aromatic carbocycles. The van der Waals surface area contributed by atoms with Crippen LogP contribution in [0.2, 0.25) is 5.02 Å². The molecule has 0 spiro atoms. The number of hydrogen-bond donors (Lipinski definition) is 1. The van der Waals surface area contributed by atoms with Gasteiger partial charge in [-0.15, -0.1) is 0 Å². The first-order chi connectivity index (χ1) is 9.48. The number of nitrogens with zero attached hydrogens (tertiary/aromatic N) is 2. The predicted molar refractivity (Wildman–Crippen MR) is 86.0 cm³/mol. The molecule has 3 nitrogen and oxygen atoms in total. The van der Waals surface area contributed by atoms with Gasteiger partial charge in [0.1, 0.15) is 0 Å². The summed E-state index contributed by atoms with van der Waals surface area (Å²) in [4.78, 5) is 4.90. The quantitative estimate of drug-likeness (QED) is 0.906. The average molecular weight is 296 g/mol. The molecule has 20 heavy (non-hydrogen) atoms. The lowest BCUT2D eigenvalue weighted by atomic mass is 9.96. The van der Waals surface area contributed by atoms with Gasteiger partial charge >= 0.3 is 0 Å². The van der Waals surface area contributed by atoms with Gasteiger partial charge in [0, 0.05) is 42.8 Å². The van der Waals surface area contributed by atoms with Gasteiger partial charge in [0.05, 0.1) is 0 Å². The first-order valence-corrected chi connectivity index (χ1v) is 7.75. The van der Waals surface area contributed by atoms with Crippen LogP contribution in [0.15, 0.2) is 24.3 Å². The van der Waals surface area contributed by atoms with E-state index in [1.165, 1.54) is 5.56 Å². The number of benzene rings is 1. The van der Waals surface area contributed by atoms with Crippen LogP contribution in [0.4, 0.5) is 0 Å². The van der Waals surface area contributed by atoms with Gasteiger partial charge in [0.2, 0.25) is 0 Å². The number of halogens is 1. The highest BCUT2D eigenvalue weighted by molar-refractivity contribution is 6.31. The summed E-state index contributed by atoms with van der Waals surface area (Å²) in [6, 6.07) is 8.64. The summed E-state index contributed by atoms with van der Waals surface area (Å²) in [5, 5.41) is 0.838. The highest BCUT2D eigenvalue weighted by atomic mass is 35.5. The van der Waals surface area contributed by atoms with E-state index < -0.39 is 0 Å². The highest BCUT2D eigenvalue weighted by Crippen LogP contribution is 2.29. The van der Waals surface area contributed by atoms with Crippen molar-refractivity contribution in [3.63, 3.8) is 0 Å². The molecule has 4 heteroatoms. The summed E-state index contributed by atoms with van der Waals surface area (Å²) >= 11 is 6.27. The summed E-state index contributed by atoms with van der Waals surface area (Å²) in [5.74, 6) is 0. The van der Waals surface area contributed by atoms with E-state index >= 15 is 0 Å². The molecular formula is C16H26ClN3. The molecule has 0 radical (unpaired) electrons. The molecule has 0 saturated carbocycles. The van der Waals surface area contributed by atoms with Crippen molar-refractivity contribution in [1.29, 1.82) is 0 Å². The van der Waals surface area contributed by atoms with Gasteiger partial charge in [-0.1, -0.05) is 29.8 Å². The molecule has 2 N–H and O–H groups in total. The van der Waals surface area contributed by atoms with Crippen LogP contribution in [0.3, 0.4) is 0 Å². The first kappa shape index (κ1) is 15.8. The summed E-state index contributed by atoms with van der Waals surface area (Å²) in [6.07, 6.45) is 1.13. The maximum absolute atomic E-state index is 6.27. The van der Waals surface area contributed by atoms with Gasteiger partial charge in [-0.3, -0.25) is 9.80 Å². The molecule has 0 amide bonds. The van der Waals surface area contributed by atoms with Crippen molar-refractivity contribution in [1.82, 2.24) is 9.80 Å². The summed E-state index contributed by atoms with van der Waals surface area (Å²) < 4.78 is 0. The largest absolute Gasteiger partial charge is 0.329 e. The first-order valence-electron chi connectivity index (χ1n) is 7.37. The van der Waals surface area contributed by atoms with Gasteiger partial charge in [-0.2, -0.15) is 0 Å². The third-order valence-corrected chi connectivity index (χ3v) is 5.02. The molecule has 1 fully saturated rings. The zero-order valence-corrected chi connectivity index (χ0v) is 13.5. The number of hydrogen-bond acceptors (Lipinski definition) is 3. The number of rotatable bonds is 5. The molecule has 1 saturated heterocycles. The van der Waals surface area contributed by atoms with Crippen molar-refractivity contribution in [3.05, 3.63) is 34.9 Å². The zero-order chi connectivity index (χ0) is 14.8. The van der Waals surface area contributed by atoms with Crippen molar-refractivity contribution in [2.24, 2.45) is 5.73 Å². The SMILES string of the molecule is CC(C)N1CCC(CN)(N(C)Cc2ccccc2Cl)C1. The number of nitrogens with two attached hydrogens (primary N) is 1. The minimum absolute atomic E-state index is 0.0729. The zero-order valence-electron chi connectivity index (χ0n) is 12.8. The number of likely N-dealkylation sites (tertiary alicyclic amines) is 1. The van der Waals surface area contributed by atoms with E-state index in [1.54, 1.807) is 0 Å². The lowest BCUT2D eigenvalue weighted by Gasteiger charge is -2.38. The molecule has 1 atom stereocenters. The van der Waals surface area contributed by atoms with Gasteiger partial charge in [0.15, 0.2) is 0 Å². The molecule has 1 heterocycles. The van der Waals surface area contributed by atoms with E-state index in [0.29, 0.717) is 12.6 Å². The molecule has 0 aromatic heterocycles. The van der Waals surface area contributed by atoms with Gasteiger partial charge in [-0.05, 0) is 38.9 Å². The minimum Gasteiger partial charge on any atom is -0.329 e. The van der Waals surface area contributed by atoms with E-state index in [1.807, 2.05) is 18.2 Å². The highest BCUT2D eigenvalue weighted by Gasteiger charge is 2.40. The fourth-order valence-corrected chi connectivity index (χ4v) is 3.21. The molecule has 112 valence electrons. The van der Waals surface area contributed by atoms with Crippen molar-refractivity contribution in [2.45, 2.75) is 38.4 Å². The fraction of sp³-hybridized carbons (Fsp3) is 0.625. The predicted octanol–water partition coefficient (Wildman–Crippen LogP) is 2.58. The Morgan fingerprint density at radius 2 is 2.10 bits per heavy atom. The Hall–Kier alpha value is -0.610. The lowest BCUT2D eigenvalue weighted by Crippen LogP contribution is -2.54. The van der Waals surface area contributed by atoms with Crippen LogP contribution < -0.4 is 5.73 Å². The van der Waals surface area contributed by atoms with E-state index in [4.69, 9.17) is 17.3 Å². The third-order valence-electron chi connectivity index (χ3n) is 4.65. The normalized spacial score (nSPS) is 23.9. The maximum atomic E-state index is 6.27. The van der Waals surface area contributed by atoms with Crippen LogP contribution in [-0.2, 0) is 6.54 Å². The Kier molecular flexibility index (Phi) is 5.08. The molecule has 0 aliphatic carbocycles. The van der Waals surface area contributed by atoms with Gasteiger partial charge in [-0.25, -0.2) is 0 Å². The smallest absolute Gasteiger partial charge is 0.0471 e. The molecular weight excluding hydrogens is 270 g/mol. The van der Waals surface area contributed by atoms with Crippen LogP contribution >= 0.6 is 11.6 Å². The van der Waals surface area contributed by atoms with Crippen molar-refractivity contribution in [2.75, 3.05) is 26.7 Å². The van der Waals surface area contributed by atoms with Crippen LogP contribution in [0.1, 0.15) is 25.8 Å². The van der Waals surface area contributed by atoms with E-state index in [2.05, 4.69) is 36.8 Å². The van der Waals surface area contributed by atoms with E-state index in [-0.39, 0.29) is 5.54 Å². The van der Waals surface area contributed by atoms with E-state index in [9.17, 15) is 0 Å². The minimum atomic E-state index is 0.0729. The lowest BCUT2D eigenvalue weighted by molar-refractivity contribution is 0.116. The second kappa shape index (κ2) is 6.44. The Morgan fingerprint density at radius 1 is 1.40 bits per heavy atom. The molecule has 0 bridgehead atoms. The maximum Gasteiger partial charge on any atom is 0.0471 e. The van der Waals surface area contributed by atoms with Crippen molar-refractivity contribution >= 4 is 11.6 Å². The Balaban J connectivity index is 2.10. The Morgan fingerprint density at radius 3 is 2.65 bits per heavy atom. The van der Waals surface area contributed by atoms with Gasteiger partial charge < -0.3 is 5.73 Å². The topological polar surface area (TPSA) is 32.5 Å². The average Bonchev–Trinajstić information content (AvgIpc) is 2.87. The fourth-order valence-electron chi connectivity index (χ4n) is 3.01.